The van der Waals surface area contributed by atoms with Gasteiger partial charge in [0.05, 0.1) is 5.41 Å². The van der Waals surface area contributed by atoms with Crippen molar-refractivity contribution in [3.63, 3.8) is 0 Å². The van der Waals surface area contributed by atoms with Gasteiger partial charge >= 0.3 is 5.97 Å². The number of amides is 1. The molecular formula is C11H20N2O3. The Hall–Kier alpha value is -1.10. The van der Waals surface area contributed by atoms with Gasteiger partial charge in [0, 0.05) is 26.6 Å². The van der Waals surface area contributed by atoms with Crippen LogP contribution in [0.2, 0.25) is 0 Å². The lowest BCUT2D eigenvalue weighted by atomic mass is 9.84. The molecule has 1 rings (SSSR count). The Morgan fingerprint density at radius 1 is 1.50 bits per heavy atom. The Morgan fingerprint density at radius 3 is 2.62 bits per heavy atom. The van der Waals surface area contributed by atoms with E-state index in [4.69, 9.17) is 0 Å². The standard InChI is InChI=1S/C11H20N2O3/c1-3-11(10(15)16)5-7-13(8-11)6-4-9(14)12-2/h3-8H2,1-2H3,(H,12,14)(H,15,16). The molecule has 0 aromatic heterocycles. The van der Waals surface area contributed by atoms with Crippen LogP contribution in [0.3, 0.4) is 0 Å². The number of aliphatic carboxylic acids is 1. The van der Waals surface area contributed by atoms with Crippen molar-refractivity contribution in [2.24, 2.45) is 5.41 Å². The molecule has 0 radical (unpaired) electrons. The zero-order valence-electron chi connectivity index (χ0n) is 9.95. The van der Waals surface area contributed by atoms with Crippen LogP contribution in [-0.4, -0.2) is 48.6 Å². The van der Waals surface area contributed by atoms with Gasteiger partial charge in [-0.25, -0.2) is 0 Å². The molecule has 2 N–H and O–H groups in total. The summed E-state index contributed by atoms with van der Waals surface area (Å²) >= 11 is 0. The van der Waals surface area contributed by atoms with Crippen LogP contribution in [-0.2, 0) is 9.59 Å². The first-order valence-corrected chi connectivity index (χ1v) is 5.70. The molecule has 1 amide bonds. The van der Waals surface area contributed by atoms with Crippen molar-refractivity contribution in [2.75, 3.05) is 26.7 Å². The van der Waals surface area contributed by atoms with E-state index in [0.717, 1.165) is 6.54 Å². The summed E-state index contributed by atoms with van der Waals surface area (Å²) in [5.41, 5.74) is -0.595. The van der Waals surface area contributed by atoms with E-state index in [9.17, 15) is 14.7 Å². The minimum absolute atomic E-state index is 0.00400. The number of likely N-dealkylation sites (tertiary alicyclic amines) is 1. The maximum atomic E-state index is 11.2. The van der Waals surface area contributed by atoms with E-state index < -0.39 is 11.4 Å². The quantitative estimate of drug-likeness (QED) is 0.710. The molecular weight excluding hydrogens is 208 g/mol. The van der Waals surface area contributed by atoms with E-state index in [1.807, 2.05) is 6.92 Å². The third-order valence-corrected chi connectivity index (χ3v) is 3.50. The van der Waals surface area contributed by atoms with Crippen molar-refractivity contribution in [1.29, 1.82) is 0 Å². The smallest absolute Gasteiger partial charge is 0.310 e. The number of carboxylic acid groups (broad SMARTS) is 1. The van der Waals surface area contributed by atoms with Gasteiger partial charge < -0.3 is 15.3 Å². The van der Waals surface area contributed by atoms with Crippen LogP contribution in [0.15, 0.2) is 0 Å². The first-order chi connectivity index (χ1) is 7.54. The van der Waals surface area contributed by atoms with Gasteiger partial charge in [0.25, 0.3) is 0 Å². The fourth-order valence-corrected chi connectivity index (χ4v) is 2.15. The van der Waals surface area contributed by atoms with Gasteiger partial charge in [0.15, 0.2) is 0 Å². The number of nitrogens with one attached hydrogen (secondary N) is 1. The second kappa shape index (κ2) is 5.30. The molecule has 0 aromatic rings. The Kier molecular flexibility index (Phi) is 4.29. The van der Waals surface area contributed by atoms with Crippen LogP contribution < -0.4 is 5.32 Å². The molecule has 5 nitrogen and oxygen atoms in total. The van der Waals surface area contributed by atoms with Gasteiger partial charge in [0.1, 0.15) is 0 Å². The van der Waals surface area contributed by atoms with Crippen molar-refractivity contribution in [2.45, 2.75) is 26.2 Å². The van der Waals surface area contributed by atoms with E-state index >= 15 is 0 Å². The number of nitrogens with zero attached hydrogens (tertiary/aromatic N) is 1. The monoisotopic (exact) mass is 228 g/mol. The normalized spacial score (nSPS) is 25.6. The van der Waals surface area contributed by atoms with E-state index in [1.54, 1.807) is 7.05 Å². The summed E-state index contributed by atoms with van der Waals surface area (Å²) in [4.78, 5) is 24.3. The predicted molar refractivity (Wildman–Crippen MR) is 60.1 cm³/mol. The molecule has 16 heavy (non-hydrogen) atoms. The first kappa shape index (κ1) is 13.0. The average molecular weight is 228 g/mol. The molecule has 1 saturated heterocycles. The minimum atomic E-state index is -0.711. The summed E-state index contributed by atoms with van der Waals surface area (Å²) in [6.07, 6.45) is 1.78. The molecule has 1 aliphatic heterocycles. The highest BCUT2D eigenvalue weighted by molar-refractivity contribution is 5.76. The van der Waals surface area contributed by atoms with Crippen molar-refractivity contribution < 1.29 is 14.7 Å². The van der Waals surface area contributed by atoms with Crippen LogP contribution in [0.25, 0.3) is 0 Å². The van der Waals surface area contributed by atoms with Crippen LogP contribution in [0, 0.1) is 5.41 Å². The molecule has 92 valence electrons. The Morgan fingerprint density at radius 2 is 2.19 bits per heavy atom. The second-order valence-electron chi connectivity index (χ2n) is 4.39. The minimum Gasteiger partial charge on any atom is -0.481 e. The van der Waals surface area contributed by atoms with Gasteiger partial charge in [-0.05, 0) is 19.4 Å². The van der Waals surface area contributed by atoms with Crippen LogP contribution >= 0.6 is 0 Å². The molecule has 1 heterocycles. The fraction of sp³-hybridized carbons (Fsp3) is 0.818. The van der Waals surface area contributed by atoms with Gasteiger partial charge in [-0.15, -0.1) is 0 Å². The third kappa shape index (κ3) is 2.72. The Balaban J connectivity index is 2.45. The number of rotatable bonds is 5. The summed E-state index contributed by atoms with van der Waals surface area (Å²) in [5.74, 6) is -0.707. The maximum Gasteiger partial charge on any atom is 0.310 e. The predicted octanol–water partition coefficient (Wildman–Crippen LogP) is 0.309. The zero-order chi connectivity index (χ0) is 12.2. The summed E-state index contributed by atoms with van der Waals surface area (Å²) in [6.45, 7) is 3.90. The summed E-state index contributed by atoms with van der Waals surface area (Å²) in [7, 11) is 1.61. The van der Waals surface area contributed by atoms with Gasteiger partial charge in [-0.3, -0.25) is 9.59 Å². The lowest BCUT2D eigenvalue weighted by molar-refractivity contribution is -0.148. The number of hydrogen-bond donors (Lipinski definition) is 2. The lowest BCUT2D eigenvalue weighted by Gasteiger charge is -2.22. The summed E-state index contributed by atoms with van der Waals surface area (Å²) in [5, 5.41) is 11.8. The van der Waals surface area contributed by atoms with E-state index in [0.29, 0.717) is 32.4 Å². The summed E-state index contributed by atoms with van der Waals surface area (Å²) in [6, 6.07) is 0. The lowest BCUT2D eigenvalue weighted by Crippen LogP contribution is -2.35. The fourth-order valence-electron chi connectivity index (χ4n) is 2.15. The van der Waals surface area contributed by atoms with Gasteiger partial charge in [-0.2, -0.15) is 0 Å². The van der Waals surface area contributed by atoms with Gasteiger partial charge in [-0.1, -0.05) is 6.92 Å². The summed E-state index contributed by atoms with van der Waals surface area (Å²) < 4.78 is 0. The van der Waals surface area contributed by atoms with Crippen LogP contribution in [0.4, 0.5) is 0 Å². The number of carboxylic acids is 1. The number of carbonyl (C=O) groups is 2. The highest BCUT2D eigenvalue weighted by Gasteiger charge is 2.42. The first-order valence-electron chi connectivity index (χ1n) is 5.70. The Bertz CT molecular complexity index is 280. The van der Waals surface area contributed by atoms with Gasteiger partial charge in [0.2, 0.25) is 5.91 Å². The molecule has 0 aromatic carbocycles. The van der Waals surface area contributed by atoms with E-state index in [1.165, 1.54) is 0 Å². The van der Waals surface area contributed by atoms with Crippen molar-refractivity contribution in [1.82, 2.24) is 10.2 Å². The number of carbonyl (C=O) groups excluding carboxylic acids is 1. The molecule has 5 heteroatoms. The van der Waals surface area contributed by atoms with Crippen molar-refractivity contribution in [3.8, 4) is 0 Å². The molecule has 1 unspecified atom stereocenters. The van der Waals surface area contributed by atoms with E-state index in [2.05, 4.69) is 10.2 Å². The molecule has 1 fully saturated rings. The zero-order valence-corrected chi connectivity index (χ0v) is 9.95. The average Bonchev–Trinajstić information content (AvgIpc) is 2.70. The Labute approximate surface area is 95.8 Å². The van der Waals surface area contributed by atoms with Crippen LogP contribution in [0.5, 0.6) is 0 Å². The second-order valence-corrected chi connectivity index (χ2v) is 4.39. The van der Waals surface area contributed by atoms with Crippen molar-refractivity contribution >= 4 is 11.9 Å². The van der Waals surface area contributed by atoms with Crippen LogP contribution in [0.1, 0.15) is 26.2 Å². The largest absolute Gasteiger partial charge is 0.481 e. The SMILES string of the molecule is CCC1(C(=O)O)CCN(CCC(=O)NC)C1. The molecule has 0 bridgehead atoms. The van der Waals surface area contributed by atoms with Crippen molar-refractivity contribution in [3.05, 3.63) is 0 Å². The number of hydrogen-bond acceptors (Lipinski definition) is 3. The highest BCUT2D eigenvalue weighted by atomic mass is 16.4. The molecule has 1 aliphatic rings. The molecule has 0 aliphatic carbocycles. The highest BCUT2D eigenvalue weighted by Crippen LogP contribution is 2.34. The molecule has 0 saturated carbocycles. The molecule has 0 spiro atoms. The molecule has 1 atom stereocenters. The maximum absolute atomic E-state index is 11.2. The topological polar surface area (TPSA) is 69.6 Å². The van der Waals surface area contributed by atoms with E-state index in [-0.39, 0.29) is 5.91 Å². The third-order valence-electron chi connectivity index (χ3n) is 3.50.